The lowest BCUT2D eigenvalue weighted by Gasteiger charge is -2.32. The minimum absolute atomic E-state index is 0.186. The van der Waals surface area contributed by atoms with Gasteiger partial charge in [0.1, 0.15) is 5.15 Å². The van der Waals surface area contributed by atoms with Gasteiger partial charge in [-0.15, -0.1) is 0 Å². The highest BCUT2D eigenvalue weighted by Gasteiger charge is 2.29. The molecule has 4 nitrogen and oxygen atoms in total. The SMILES string of the molecule is O=C(NCC1(O)CCCCC1)c1cccnc1Cl. The van der Waals surface area contributed by atoms with E-state index in [2.05, 4.69) is 10.3 Å². The second kappa shape index (κ2) is 5.67. The number of pyridine rings is 1. The molecular weight excluding hydrogens is 252 g/mol. The Morgan fingerprint density at radius 2 is 2.17 bits per heavy atom. The highest BCUT2D eigenvalue weighted by molar-refractivity contribution is 6.32. The summed E-state index contributed by atoms with van der Waals surface area (Å²) < 4.78 is 0. The predicted octanol–water partition coefficient (Wildman–Crippen LogP) is 2.16. The van der Waals surface area contributed by atoms with E-state index in [1.165, 1.54) is 6.20 Å². The summed E-state index contributed by atoms with van der Waals surface area (Å²) in [5.41, 5.74) is -0.415. The first-order valence-electron chi connectivity index (χ1n) is 6.22. The van der Waals surface area contributed by atoms with Gasteiger partial charge >= 0.3 is 0 Å². The zero-order valence-corrected chi connectivity index (χ0v) is 10.9. The van der Waals surface area contributed by atoms with Crippen LogP contribution in [0, 0.1) is 0 Å². The standard InChI is InChI=1S/C13H17ClN2O2/c14-11-10(5-4-8-15-11)12(17)16-9-13(18)6-2-1-3-7-13/h4-5,8,18H,1-3,6-7,9H2,(H,16,17). The number of hydrogen-bond donors (Lipinski definition) is 2. The Morgan fingerprint density at radius 1 is 1.44 bits per heavy atom. The Labute approximate surface area is 111 Å². The number of halogens is 1. The van der Waals surface area contributed by atoms with E-state index in [0.717, 1.165) is 32.1 Å². The lowest BCUT2D eigenvalue weighted by molar-refractivity contribution is 0.00525. The van der Waals surface area contributed by atoms with Gasteiger partial charge in [-0.1, -0.05) is 30.9 Å². The molecule has 0 atom stereocenters. The summed E-state index contributed by atoms with van der Waals surface area (Å²) in [5.74, 6) is -0.285. The number of nitrogens with zero attached hydrogens (tertiary/aromatic N) is 1. The molecule has 0 spiro atoms. The number of rotatable bonds is 3. The van der Waals surface area contributed by atoms with Crippen LogP contribution in [0.4, 0.5) is 0 Å². The second-order valence-corrected chi connectivity index (χ2v) is 5.17. The van der Waals surface area contributed by atoms with Gasteiger partial charge in [0, 0.05) is 12.7 Å². The van der Waals surface area contributed by atoms with Crippen LogP contribution in [0.3, 0.4) is 0 Å². The van der Waals surface area contributed by atoms with E-state index >= 15 is 0 Å². The first-order valence-corrected chi connectivity index (χ1v) is 6.60. The van der Waals surface area contributed by atoms with Crippen molar-refractivity contribution in [1.29, 1.82) is 0 Å². The van der Waals surface area contributed by atoms with Crippen molar-refractivity contribution in [3.63, 3.8) is 0 Å². The van der Waals surface area contributed by atoms with Crippen LogP contribution in [-0.4, -0.2) is 28.1 Å². The summed E-state index contributed by atoms with van der Waals surface area (Å²) in [6, 6.07) is 3.28. The van der Waals surface area contributed by atoms with E-state index in [4.69, 9.17) is 11.6 Å². The molecule has 0 aliphatic heterocycles. The van der Waals surface area contributed by atoms with Crippen molar-refractivity contribution in [1.82, 2.24) is 10.3 Å². The van der Waals surface area contributed by atoms with Crippen molar-refractivity contribution in [3.8, 4) is 0 Å². The van der Waals surface area contributed by atoms with Gasteiger partial charge in [0.05, 0.1) is 11.2 Å². The number of aromatic nitrogens is 1. The summed E-state index contributed by atoms with van der Waals surface area (Å²) in [6.07, 6.45) is 6.21. The first kappa shape index (κ1) is 13.3. The zero-order valence-electron chi connectivity index (χ0n) is 10.2. The number of carbonyl (C=O) groups is 1. The Bertz CT molecular complexity index is 431. The molecule has 1 amide bonds. The fraction of sp³-hybridized carbons (Fsp3) is 0.538. The van der Waals surface area contributed by atoms with Crippen molar-refractivity contribution in [2.45, 2.75) is 37.7 Å². The molecule has 0 unspecified atom stereocenters. The third kappa shape index (κ3) is 3.21. The Morgan fingerprint density at radius 3 is 2.83 bits per heavy atom. The molecule has 1 fully saturated rings. The topological polar surface area (TPSA) is 62.2 Å². The van der Waals surface area contributed by atoms with Gasteiger partial charge < -0.3 is 10.4 Å². The maximum absolute atomic E-state index is 11.9. The van der Waals surface area contributed by atoms with E-state index in [-0.39, 0.29) is 17.6 Å². The number of nitrogens with one attached hydrogen (secondary N) is 1. The van der Waals surface area contributed by atoms with Crippen LogP contribution in [0.5, 0.6) is 0 Å². The normalized spacial score (nSPS) is 18.3. The van der Waals surface area contributed by atoms with Crippen molar-refractivity contribution in [3.05, 3.63) is 29.0 Å². The largest absolute Gasteiger partial charge is 0.388 e. The Balaban J connectivity index is 1.94. The molecule has 0 bridgehead atoms. The van der Waals surface area contributed by atoms with E-state index in [1.54, 1.807) is 12.1 Å². The number of carbonyl (C=O) groups excluding carboxylic acids is 1. The summed E-state index contributed by atoms with van der Waals surface area (Å²) >= 11 is 5.84. The summed E-state index contributed by atoms with van der Waals surface area (Å²) in [6.45, 7) is 0.275. The molecule has 2 N–H and O–H groups in total. The fourth-order valence-corrected chi connectivity index (χ4v) is 2.49. The summed E-state index contributed by atoms with van der Waals surface area (Å²) in [5, 5.41) is 13.2. The van der Waals surface area contributed by atoms with Crippen LogP contribution in [0.25, 0.3) is 0 Å². The molecule has 1 aromatic heterocycles. The molecule has 0 aromatic carbocycles. The molecule has 1 aromatic rings. The molecule has 5 heteroatoms. The summed E-state index contributed by atoms with van der Waals surface area (Å²) in [4.78, 5) is 15.8. The maximum Gasteiger partial charge on any atom is 0.254 e. The van der Waals surface area contributed by atoms with Crippen LogP contribution in [0.15, 0.2) is 18.3 Å². The number of aliphatic hydroxyl groups is 1. The number of amides is 1. The highest BCUT2D eigenvalue weighted by atomic mass is 35.5. The van der Waals surface area contributed by atoms with Gasteiger partial charge in [0.2, 0.25) is 0 Å². The third-order valence-electron chi connectivity index (χ3n) is 3.37. The smallest absolute Gasteiger partial charge is 0.254 e. The summed E-state index contributed by atoms with van der Waals surface area (Å²) in [7, 11) is 0. The molecule has 2 rings (SSSR count). The van der Waals surface area contributed by atoms with Crippen molar-refractivity contribution in [2.24, 2.45) is 0 Å². The van der Waals surface area contributed by atoms with Crippen LogP contribution in [0.1, 0.15) is 42.5 Å². The second-order valence-electron chi connectivity index (χ2n) is 4.81. The monoisotopic (exact) mass is 268 g/mol. The minimum Gasteiger partial charge on any atom is -0.388 e. The van der Waals surface area contributed by atoms with Gasteiger partial charge in [-0.05, 0) is 25.0 Å². The van der Waals surface area contributed by atoms with E-state index < -0.39 is 5.60 Å². The molecule has 0 saturated heterocycles. The lowest BCUT2D eigenvalue weighted by Crippen LogP contribution is -2.44. The van der Waals surface area contributed by atoms with Crippen molar-refractivity contribution >= 4 is 17.5 Å². The Kier molecular flexibility index (Phi) is 4.19. The van der Waals surface area contributed by atoms with Crippen molar-refractivity contribution < 1.29 is 9.90 Å². The van der Waals surface area contributed by atoms with E-state index in [9.17, 15) is 9.90 Å². The van der Waals surface area contributed by atoms with Gasteiger partial charge in [-0.2, -0.15) is 0 Å². The third-order valence-corrected chi connectivity index (χ3v) is 3.67. The number of hydrogen-bond acceptors (Lipinski definition) is 3. The fourth-order valence-electron chi connectivity index (χ4n) is 2.28. The average Bonchev–Trinajstić information content (AvgIpc) is 2.38. The molecule has 1 saturated carbocycles. The van der Waals surface area contributed by atoms with Crippen LogP contribution < -0.4 is 5.32 Å². The van der Waals surface area contributed by atoms with E-state index in [1.807, 2.05) is 0 Å². The lowest BCUT2D eigenvalue weighted by atomic mass is 9.85. The molecule has 1 aliphatic rings. The van der Waals surface area contributed by atoms with Gasteiger partial charge in [-0.3, -0.25) is 4.79 Å². The quantitative estimate of drug-likeness (QED) is 0.826. The maximum atomic E-state index is 11.9. The van der Waals surface area contributed by atoms with Crippen LogP contribution in [-0.2, 0) is 0 Å². The molecule has 1 heterocycles. The minimum atomic E-state index is -0.761. The Hall–Kier alpha value is -1.13. The molecule has 0 radical (unpaired) electrons. The van der Waals surface area contributed by atoms with Crippen LogP contribution >= 0.6 is 11.6 Å². The van der Waals surface area contributed by atoms with Crippen molar-refractivity contribution in [2.75, 3.05) is 6.54 Å². The zero-order chi connectivity index (χ0) is 13.0. The molecule has 98 valence electrons. The van der Waals surface area contributed by atoms with Crippen LogP contribution in [0.2, 0.25) is 5.15 Å². The average molecular weight is 269 g/mol. The highest BCUT2D eigenvalue weighted by Crippen LogP contribution is 2.27. The molecule has 1 aliphatic carbocycles. The van der Waals surface area contributed by atoms with Gasteiger partial charge in [0.25, 0.3) is 5.91 Å². The molecule has 18 heavy (non-hydrogen) atoms. The predicted molar refractivity (Wildman–Crippen MR) is 69.6 cm³/mol. The van der Waals surface area contributed by atoms with Gasteiger partial charge in [0.15, 0.2) is 0 Å². The first-order chi connectivity index (χ1) is 8.61. The molecular formula is C13H17ClN2O2. The van der Waals surface area contributed by atoms with Gasteiger partial charge in [-0.25, -0.2) is 4.98 Å². The van der Waals surface area contributed by atoms with E-state index in [0.29, 0.717) is 5.56 Å².